The summed E-state index contributed by atoms with van der Waals surface area (Å²) < 4.78 is 0. The molecule has 1 saturated carbocycles. The smallest absolute Gasteiger partial charge is 0.226 e. The van der Waals surface area contributed by atoms with E-state index in [-0.39, 0.29) is 30.4 Å². The molecule has 3 atom stereocenters. The maximum absolute atomic E-state index is 12.6. The van der Waals surface area contributed by atoms with E-state index >= 15 is 0 Å². The summed E-state index contributed by atoms with van der Waals surface area (Å²) in [7, 11) is 0. The van der Waals surface area contributed by atoms with Gasteiger partial charge in [0.15, 0.2) is 0 Å². The van der Waals surface area contributed by atoms with Gasteiger partial charge in [0, 0.05) is 30.9 Å². The number of carbonyl (C=O) groups excluding carboxylic acids is 1. The van der Waals surface area contributed by atoms with Crippen molar-refractivity contribution in [2.24, 2.45) is 11.7 Å². The Hall–Kier alpha value is -1.13. The Morgan fingerprint density at radius 3 is 2.85 bits per heavy atom. The summed E-state index contributed by atoms with van der Waals surface area (Å²) in [6, 6.07) is 4.46. The van der Waals surface area contributed by atoms with Gasteiger partial charge in [0.2, 0.25) is 5.91 Å². The Bertz CT molecular complexity index is 454. The van der Waals surface area contributed by atoms with Gasteiger partial charge in [-0.15, -0.1) is 12.4 Å². The van der Waals surface area contributed by atoms with Gasteiger partial charge in [-0.25, -0.2) is 0 Å². The van der Waals surface area contributed by atoms with Gasteiger partial charge in [0.25, 0.3) is 0 Å². The van der Waals surface area contributed by atoms with Gasteiger partial charge >= 0.3 is 0 Å². The average Bonchev–Trinajstić information content (AvgIpc) is 3.07. The van der Waals surface area contributed by atoms with Crippen LogP contribution in [0.3, 0.4) is 0 Å². The topological polar surface area (TPSA) is 59.2 Å². The molecule has 0 radical (unpaired) electrons. The zero-order chi connectivity index (χ0) is 13.2. The monoisotopic (exact) mass is 295 g/mol. The van der Waals surface area contributed by atoms with Gasteiger partial charge in [-0.05, 0) is 43.7 Å². The number of halogens is 1. The first-order valence-corrected chi connectivity index (χ1v) is 7.21. The third-order valence-electron chi connectivity index (χ3n) is 4.43. The van der Waals surface area contributed by atoms with Crippen molar-refractivity contribution in [3.05, 3.63) is 30.1 Å². The van der Waals surface area contributed by atoms with Gasteiger partial charge in [-0.3, -0.25) is 9.78 Å². The van der Waals surface area contributed by atoms with Crippen LogP contribution in [-0.4, -0.2) is 28.4 Å². The van der Waals surface area contributed by atoms with Gasteiger partial charge in [0.05, 0.1) is 6.04 Å². The van der Waals surface area contributed by atoms with Crippen molar-refractivity contribution in [1.29, 1.82) is 0 Å². The predicted molar refractivity (Wildman–Crippen MR) is 80.5 cm³/mol. The number of carbonyl (C=O) groups is 1. The summed E-state index contributed by atoms with van der Waals surface area (Å²) in [6.45, 7) is 0.879. The van der Waals surface area contributed by atoms with Crippen molar-refractivity contribution >= 4 is 18.3 Å². The first-order valence-electron chi connectivity index (χ1n) is 7.21. The molecule has 1 aliphatic carbocycles. The number of nitrogens with zero attached hydrogens (tertiary/aromatic N) is 2. The molecule has 2 N–H and O–H groups in total. The van der Waals surface area contributed by atoms with Crippen LogP contribution in [0.25, 0.3) is 0 Å². The normalized spacial score (nSPS) is 29.2. The molecule has 2 heterocycles. The summed E-state index contributed by atoms with van der Waals surface area (Å²) >= 11 is 0. The Morgan fingerprint density at radius 1 is 1.35 bits per heavy atom. The third-order valence-corrected chi connectivity index (χ3v) is 4.43. The molecule has 1 aromatic heterocycles. The molecule has 0 bridgehead atoms. The van der Waals surface area contributed by atoms with E-state index in [9.17, 15) is 4.79 Å². The van der Waals surface area contributed by atoms with Crippen molar-refractivity contribution in [2.45, 2.75) is 44.2 Å². The molecule has 1 saturated heterocycles. The summed E-state index contributed by atoms with van der Waals surface area (Å²) in [5.41, 5.74) is 7.09. The molecule has 3 rings (SSSR count). The summed E-state index contributed by atoms with van der Waals surface area (Å²) in [6.07, 6.45) is 8.60. The average molecular weight is 296 g/mol. The van der Waals surface area contributed by atoms with Gasteiger partial charge in [-0.2, -0.15) is 0 Å². The summed E-state index contributed by atoms with van der Waals surface area (Å²) in [4.78, 5) is 18.9. The van der Waals surface area contributed by atoms with Crippen molar-refractivity contribution in [1.82, 2.24) is 9.88 Å². The zero-order valence-electron chi connectivity index (χ0n) is 11.6. The molecule has 110 valence electrons. The Balaban J connectivity index is 0.00000147. The second-order valence-corrected chi connectivity index (χ2v) is 5.75. The van der Waals surface area contributed by atoms with Crippen molar-refractivity contribution < 1.29 is 4.79 Å². The Morgan fingerprint density at radius 2 is 2.20 bits per heavy atom. The van der Waals surface area contributed by atoms with Crippen LogP contribution in [0.15, 0.2) is 24.5 Å². The lowest BCUT2D eigenvalue weighted by Crippen LogP contribution is -2.35. The van der Waals surface area contributed by atoms with E-state index in [1.54, 1.807) is 6.20 Å². The van der Waals surface area contributed by atoms with Crippen LogP contribution in [0.1, 0.15) is 43.7 Å². The fourth-order valence-electron chi connectivity index (χ4n) is 3.43. The minimum absolute atomic E-state index is 0. The lowest BCUT2D eigenvalue weighted by molar-refractivity contribution is -0.136. The van der Waals surface area contributed by atoms with Crippen LogP contribution in [-0.2, 0) is 4.79 Å². The van der Waals surface area contributed by atoms with Gasteiger partial charge in [-0.1, -0.05) is 6.07 Å². The van der Waals surface area contributed by atoms with E-state index in [0.29, 0.717) is 5.91 Å². The third kappa shape index (κ3) is 2.96. The van der Waals surface area contributed by atoms with Crippen molar-refractivity contribution in [3.8, 4) is 0 Å². The van der Waals surface area contributed by atoms with Crippen molar-refractivity contribution in [3.63, 3.8) is 0 Å². The van der Waals surface area contributed by atoms with E-state index in [4.69, 9.17) is 5.73 Å². The molecule has 0 aromatic carbocycles. The fraction of sp³-hybridized carbons (Fsp3) is 0.600. The molecule has 0 spiro atoms. The highest BCUT2D eigenvalue weighted by Gasteiger charge is 2.36. The standard InChI is InChI=1S/C15H21N3O.ClH/c16-13-6-5-11(9-13)15(19)18-8-2-4-14(18)12-3-1-7-17-10-12;/h1,3,7,10-11,13-14H,2,4-6,8-9,16H2;1H. The molecule has 20 heavy (non-hydrogen) atoms. The highest BCUT2D eigenvalue weighted by Crippen LogP contribution is 2.35. The van der Waals surface area contributed by atoms with Crippen molar-refractivity contribution in [2.75, 3.05) is 6.54 Å². The largest absolute Gasteiger partial charge is 0.335 e. The second-order valence-electron chi connectivity index (χ2n) is 5.75. The van der Waals surface area contributed by atoms with Gasteiger partial charge < -0.3 is 10.6 Å². The van der Waals surface area contributed by atoms with E-state index in [1.807, 2.05) is 12.3 Å². The summed E-state index contributed by atoms with van der Waals surface area (Å²) in [5.74, 6) is 0.451. The van der Waals surface area contributed by atoms with Crippen LogP contribution >= 0.6 is 12.4 Å². The molecule has 1 aliphatic heterocycles. The number of rotatable bonds is 2. The molecule has 4 nitrogen and oxygen atoms in total. The molecule has 2 fully saturated rings. The minimum atomic E-state index is 0. The SMILES string of the molecule is Cl.NC1CCC(C(=O)N2CCCC2c2cccnc2)C1. The Labute approximate surface area is 126 Å². The van der Waals surface area contributed by atoms with E-state index < -0.39 is 0 Å². The summed E-state index contributed by atoms with van der Waals surface area (Å²) in [5, 5.41) is 0. The predicted octanol–water partition coefficient (Wildman–Crippen LogP) is 2.29. The van der Waals surface area contributed by atoms with Crippen LogP contribution in [0.4, 0.5) is 0 Å². The molecular weight excluding hydrogens is 274 g/mol. The highest BCUT2D eigenvalue weighted by molar-refractivity contribution is 5.85. The quantitative estimate of drug-likeness (QED) is 0.911. The number of hydrogen-bond acceptors (Lipinski definition) is 3. The number of amides is 1. The number of nitrogens with two attached hydrogens (primary N) is 1. The van der Waals surface area contributed by atoms with Crippen LogP contribution in [0.2, 0.25) is 0 Å². The molecule has 5 heteroatoms. The minimum Gasteiger partial charge on any atom is -0.335 e. The lowest BCUT2D eigenvalue weighted by Gasteiger charge is -2.27. The number of likely N-dealkylation sites (tertiary alicyclic amines) is 1. The highest BCUT2D eigenvalue weighted by atomic mass is 35.5. The maximum Gasteiger partial charge on any atom is 0.226 e. The van der Waals surface area contributed by atoms with E-state index in [0.717, 1.165) is 44.2 Å². The molecule has 1 amide bonds. The number of aromatic nitrogens is 1. The fourth-order valence-corrected chi connectivity index (χ4v) is 3.43. The maximum atomic E-state index is 12.6. The molecule has 2 aliphatic rings. The zero-order valence-corrected chi connectivity index (χ0v) is 12.4. The molecular formula is C15H22ClN3O. The Kier molecular flexibility index (Phi) is 5.00. The molecule has 3 unspecified atom stereocenters. The first kappa shape index (κ1) is 15.3. The molecule has 1 aromatic rings. The van der Waals surface area contributed by atoms with Gasteiger partial charge in [0.1, 0.15) is 0 Å². The number of hydrogen-bond donors (Lipinski definition) is 1. The lowest BCUT2D eigenvalue weighted by atomic mass is 10.0. The van der Waals surface area contributed by atoms with Crippen LogP contribution in [0.5, 0.6) is 0 Å². The van der Waals surface area contributed by atoms with E-state index in [1.165, 1.54) is 0 Å². The van der Waals surface area contributed by atoms with Crippen LogP contribution < -0.4 is 5.73 Å². The van der Waals surface area contributed by atoms with E-state index in [2.05, 4.69) is 16.0 Å². The number of pyridine rings is 1. The second kappa shape index (κ2) is 6.55. The van der Waals surface area contributed by atoms with Crippen LogP contribution in [0, 0.1) is 5.92 Å². The first-order chi connectivity index (χ1) is 9.25.